The Kier molecular flexibility index (Phi) is 2.66. The van der Waals surface area contributed by atoms with Crippen molar-refractivity contribution in [2.24, 2.45) is 0 Å². The predicted molar refractivity (Wildman–Crippen MR) is 53.0 cm³/mol. The molecule has 0 radical (unpaired) electrons. The Morgan fingerprint density at radius 3 is 2.44 bits per heavy atom. The van der Waals surface area contributed by atoms with E-state index in [9.17, 15) is 24.9 Å². The molecule has 1 fully saturated rings. The summed E-state index contributed by atoms with van der Waals surface area (Å²) < 4.78 is 1.10. The number of hydrogen-bond acceptors (Lipinski definition) is 5. The maximum Gasteiger partial charge on any atom is 0.328 e. The Morgan fingerprint density at radius 1 is 1.25 bits per heavy atom. The van der Waals surface area contributed by atoms with Gasteiger partial charge in [0.2, 0.25) is 0 Å². The Bertz CT molecular complexity index is 493. The lowest BCUT2D eigenvalue weighted by atomic mass is 10.2. The summed E-state index contributed by atoms with van der Waals surface area (Å²) in [5, 5.41) is 28.3. The van der Waals surface area contributed by atoms with Crippen molar-refractivity contribution in [3.8, 4) is 0 Å². The fraction of sp³-hybridized carbons (Fsp3) is 0.556. The molecule has 1 saturated carbocycles. The number of hydrogen-bond donors (Lipinski definition) is 4. The van der Waals surface area contributed by atoms with Crippen molar-refractivity contribution in [3.63, 3.8) is 0 Å². The van der Waals surface area contributed by atoms with Gasteiger partial charge in [-0.2, -0.15) is 0 Å². The summed E-state index contributed by atoms with van der Waals surface area (Å²) in [6, 6.07) is 0.417. The molecule has 16 heavy (non-hydrogen) atoms. The Balaban J connectivity index is 2.39. The van der Waals surface area contributed by atoms with Crippen LogP contribution in [-0.4, -0.2) is 43.2 Å². The number of nitrogens with one attached hydrogen (secondary N) is 1. The first-order valence-corrected chi connectivity index (χ1v) is 4.86. The van der Waals surface area contributed by atoms with Crippen LogP contribution in [0, 0.1) is 0 Å². The second kappa shape index (κ2) is 3.85. The molecule has 0 aromatic carbocycles. The van der Waals surface area contributed by atoms with Crippen LogP contribution in [0.15, 0.2) is 21.9 Å². The first-order valence-electron chi connectivity index (χ1n) is 4.86. The summed E-state index contributed by atoms with van der Waals surface area (Å²) in [5.41, 5.74) is -1.20. The molecular formula is C9H12N2O5. The maximum atomic E-state index is 11.4. The highest BCUT2D eigenvalue weighted by Gasteiger charge is 2.41. The standard InChI is InChI=1S/C9H12N2O5/c12-5-3-4(7(14)8(5)15)11-2-1-6(13)10-9(11)16/h1-2,4-5,7-8,12,14-15H,3H2,(H,10,13,16)/t4-,5+,7+,8-/m1/s1. The number of rotatable bonds is 1. The lowest BCUT2D eigenvalue weighted by Gasteiger charge is -2.17. The van der Waals surface area contributed by atoms with E-state index in [1.807, 2.05) is 4.98 Å². The molecule has 1 aliphatic rings. The van der Waals surface area contributed by atoms with Crippen molar-refractivity contribution < 1.29 is 15.3 Å². The molecule has 1 aromatic rings. The van der Waals surface area contributed by atoms with Crippen LogP contribution in [-0.2, 0) is 0 Å². The van der Waals surface area contributed by atoms with E-state index in [1.165, 1.54) is 6.20 Å². The smallest absolute Gasteiger partial charge is 0.328 e. The largest absolute Gasteiger partial charge is 0.390 e. The Morgan fingerprint density at radius 2 is 1.94 bits per heavy atom. The third-order valence-electron chi connectivity index (χ3n) is 2.83. The van der Waals surface area contributed by atoms with Crippen molar-refractivity contribution >= 4 is 0 Å². The van der Waals surface area contributed by atoms with Crippen LogP contribution in [0.25, 0.3) is 0 Å². The van der Waals surface area contributed by atoms with Gasteiger partial charge in [0.05, 0.1) is 12.1 Å². The average molecular weight is 228 g/mol. The molecule has 88 valence electrons. The molecule has 0 spiro atoms. The van der Waals surface area contributed by atoms with Crippen LogP contribution in [0.4, 0.5) is 0 Å². The van der Waals surface area contributed by atoms with Gasteiger partial charge in [-0.25, -0.2) is 4.79 Å². The summed E-state index contributed by atoms with van der Waals surface area (Å²) in [6.07, 6.45) is -2.27. The normalized spacial score (nSPS) is 34.2. The number of aliphatic hydroxyl groups is 3. The summed E-state index contributed by atoms with van der Waals surface area (Å²) >= 11 is 0. The molecule has 4 N–H and O–H groups in total. The van der Waals surface area contributed by atoms with E-state index in [0.717, 1.165) is 10.6 Å². The van der Waals surface area contributed by atoms with Crippen LogP contribution in [0.5, 0.6) is 0 Å². The lowest BCUT2D eigenvalue weighted by molar-refractivity contribution is -0.0249. The zero-order valence-corrected chi connectivity index (χ0v) is 8.28. The van der Waals surface area contributed by atoms with Gasteiger partial charge in [-0.15, -0.1) is 0 Å². The molecule has 7 nitrogen and oxygen atoms in total. The summed E-state index contributed by atoms with van der Waals surface area (Å²) in [7, 11) is 0. The molecule has 0 unspecified atom stereocenters. The van der Waals surface area contributed by atoms with Gasteiger partial charge in [-0.05, 0) is 6.42 Å². The maximum absolute atomic E-state index is 11.4. The second-order valence-corrected chi connectivity index (χ2v) is 3.87. The minimum Gasteiger partial charge on any atom is -0.390 e. The van der Waals surface area contributed by atoms with Gasteiger partial charge in [0.15, 0.2) is 0 Å². The van der Waals surface area contributed by atoms with Gasteiger partial charge < -0.3 is 15.3 Å². The molecule has 0 amide bonds. The van der Waals surface area contributed by atoms with Gasteiger partial charge in [0, 0.05) is 12.3 Å². The third kappa shape index (κ3) is 1.69. The van der Waals surface area contributed by atoms with Crippen LogP contribution in [0.2, 0.25) is 0 Å². The molecule has 0 saturated heterocycles. The van der Waals surface area contributed by atoms with Crippen molar-refractivity contribution in [3.05, 3.63) is 33.1 Å². The summed E-state index contributed by atoms with van der Waals surface area (Å²) in [6.45, 7) is 0. The quantitative estimate of drug-likeness (QED) is 0.426. The molecular weight excluding hydrogens is 216 g/mol. The van der Waals surface area contributed by atoms with E-state index in [-0.39, 0.29) is 6.42 Å². The first kappa shape index (κ1) is 11.1. The van der Waals surface area contributed by atoms with Crippen molar-refractivity contribution in [2.45, 2.75) is 30.8 Å². The minimum atomic E-state index is -1.27. The van der Waals surface area contributed by atoms with Gasteiger partial charge in [-0.1, -0.05) is 0 Å². The van der Waals surface area contributed by atoms with E-state index in [2.05, 4.69) is 0 Å². The zero-order chi connectivity index (χ0) is 11.9. The highest BCUT2D eigenvalue weighted by Crippen LogP contribution is 2.29. The molecule has 2 rings (SSSR count). The highest BCUT2D eigenvalue weighted by atomic mass is 16.4. The molecule has 0 aliphatic heterocycles. The SMILES string of the molecule is O=c1ccn([C@@H]2C[C@H](O)[C@@H](O)[C@H]2O)c(=O)[nH]1. The first-order chi connectivity index (χ1) is 7.50. The number of aromatic nitrogens is 2. The number of nitrogens with zero attached hydrogens (tertiary/aromatic N) is 1. The van der Waals surface area contributed by atoms with Gasteiger partial charge in [0.25, 0.3) is 5.56 Å². The number of aliphatic hydroxyl groups excluding tert-OH is 3. The molecule has 4 atom stereocenters. The van der Waals surface area contributed by atoms with Gasteiger partial charge in [-0.3, -0.25) is 14.3 Å². The van der Waals surface area contributed by atoms with Crippen molar-refractivity contribution in [2.75, 3.05) is 0 Å². The molecule has 1 aromatic heterocycles. The number of aromatic amines is 1. The van der Waals surface area contributed by atoms with Crippen LogP contribution in [0.3, 0.4) is 0 Å². The Hall–Kier alpha value is -1.44. The van der Waals surface area contributed by atoms with Crippen molar-refractivity contribution in [1.29, 1.82) is 0 Å². The van der Waals surface area contributed by atoms with Crippen molar-refractivity contribution in [1.82, 2.24) is 9.55 Å². The predicted octanol–water partition coefficient (Wildman–Crippen LogP) is -2.44. The summed E-state index contributed by atoms with van der Waals surface area (Å²) in [4.78, 5) is 24.3. The molecule has 0 bridgehead atoms. The molecule has 1 aliphatic carbocycles. The van der Waals surface area contributed by atoms with E-state index >= 15 is 0 Å². The fourth-order valence-corrected chi connectivity index (χ4v) is 1.95. The average Bonchev–Trinajstić information content (AvgIpc) is 2.46. The highest BCUT2D eigenvalue weighted by molar-refractivity contribution is 4.97. The second-order valence-electron chi connectivity index (χ2n) is 3.87. The van der Waals surface area contributed by atoms with E-state index in [0.29, 0.717) is 0 Å². The van der Waals surface area contributed by atoms with E-state index in [1.54, 1.807) is 0 Å². The third-order valence-corrected chi connectivity index (χ3v) is 2.83. The van der Waals surface area contributed by atoms with E-state index in [4.69, 9.17) is 0 Å². The monoisotopic (exact) mass is 228 g/mol. The minimum absolute atomic E-state index is 0.0638. The zero-order valence-electron chi connectivity index (χ0n) is 8.28. The van der Waals surface area contributed by atoms with Crippen LogP contribution < -0.4 is 11.2 Å². The number of H-pyrrole nitrogens is 1. The fourth-order valence-electron chi connectivity index (χ4n) is 1.95. The van der Waals surface area contributed by atoms with Gasteiger partial charge >= 0.3 is 5.69 Å². The van der Waals surface area contributed by atoms with E-state index < -0.39 is 35.6 Å². The molecule has 1 heterocycles. The van der Waals surface area contributed by atoms with Crippen LogP contribution >= 0.6 is 0 Å². The molecule has 7 heteroatoms. The Labute approximate surface area is 89.6 Å². The lowest BCUT2D eigenvalue weighted by Crippen LogP contribution is -2.37. The topological polar surface area (TPSA) is 116 Å². The van der Waals surface area contributed by atoms with Crippen LogP contribution in [0.1, 0.15) is 12.5 Å². The summed E-state index contributed by atoms with van der Waals surface area (Å²) in [5.74, 6) is 0. The van der Waals surface area contributed by atoms with Gasteiger partial charge in [0.1, 0.15) is 12.2 Å².